The predicted molar refractivity (Wildman–Crippen MR) is 71.1 cm³/mol. The van der Waals surface area contributed by atoms with Crippen LogP contribution in [0.5, 0.6) is 0 Å². The minimum absolute atomic E-state index is 0.0758. The highest BCUT2D eigenvalue weighted by molar-refractivity contribution is 5.76. The molecule has 0 aromatic carbocycles. The zero-order chi connectivity index (χ0) is 14.3. The van der Waals surface area contributed by atoms with Crippen molar-refractivity contribution in [3.05, 3.63) is 0 Å². The molecule has 1 aliphatic rings. The highest BCUT2D eigenvalue weighted by Crippen LogP contribution is 2.17. The maximum absolute atomic E-state index is 12.3. The predicted octanol–water partition coefficient (Wildman–Crippen LogP) is 1.26. The van der Waals surface area contributed by atoms with Crippen molar-refractivity contribution in [3.8, 4) is 0 Å². The highest BCUT2D eigenvalue weighted by Gasteiger charge is 2.29. The molecule has 19 heavy (non-hydrogen) atoms. The molecule has 0 saturated carbocycles. The number of hydrogen-bond acceptors (Lipinski definition) is 3. The molecule has 1 aliphatic heterocycles. The van der Waals surface area contributed by atoms with E-state index in [0.717, 1.165) is 6.42 Å². The van der Waals surface area contributed by atoms with Crippen molar-refractivity contribution in [2.45, 2.75) is 26.7 Å². The summed E-state index contributed by atoms with van der Waals surface area (Å²) in [6.07, 6.45) is 1.41. The van der Waals surface area contributed by atoms with E-state index in [9.17, 15) is 9.59 Å². The molecule has 110 valence electrons. The number of likely N-dealkylation sites (tertiary alicyclic amines) is 1. The minimum Gasteiger partial charge on any atom is -0.481 e. The highest BCUT2D eigenvalue weighted by atomic mass is 16.5. The Morgan fingerprint density at radius 2 is 2.16 bits per heavy atom. The first kappa shape index (κ1) is 15.8. The molecule has 1 rings (SSSR count). The third kappa shape index (κ3) is 4.70. The van der Waals surface area contributed by atoms with Gasteiger partial charge in [-0.1, -0.05) is 0 Å². The van der Waals surface area contributed by atoms with E-state index in [1.165, 1.54) is 0 Å². The molecular weight excluding hydrogens is 248 g/mol. The van der Waals surface area contributed by atoms with Gasteiger partial charge in [0.15, 0.2) is 0 Å². The van der Waals surface area contributed by atoms with Crippen molar-refractivity contribution in [1.82, 2.24) is 9.80 Å². The largest absolute Gasteiger partial charge is 0.481 e. The van der Waals surface area contributed by atoms with Gasteiger partial charge < -0.3 is 19.6 Å². The Kier molecular flexibility index (Phi) is 6.62. The van der Waals surface area contributed by atoms with Crippen LogP contribution in [0.3, 0.4) is 0 Å². The van der Waals surface area contributed by atoms with Crippen molar-refractivity contribution in [3.63, 3.8) is 0 Å². The van der Waals surface area contributed by atoms with Gasteiger partial charge in [0, 0.05) is 32.8 Å². The fourth-order valence-electron chi connectivity index (χ4n) is 2.26. The number of hydrogen-bond donors (Lipinski definition) is 1. The summed E-state index contributed by atoms with van der Waals surface area (Å²) in [5.74, 6) is -1.24. The maximum atomic E-state index is 12.3. The number of carboxylic acids is 1. The Morgan fingerprint density at radius 3 is 2.74 bits per heavy atom. The zero-order valence-electron chi connectivity index (χ0n) is 11.8. The normalized spacial score (nSPS) is 19.3. The van der Waals surface area contributed by atoms with Crippen LogP contribution in [0.2, 0.25) is 0 Å². The van der Waals surface area contributed by atoms with Gasteiger partial charge in [-0.25, -0.2) is 4.79 Å². The van der Waals surface area contributed by atoms with Crippen molar-refractivity contribution in [1.29, 1.82) is 0 Å². The molecule has 1 fully saturated rings. The summed E-state index contributed by atoms with van der Waals surface area (Å²) >= 11 is 0. The first-order valence-electron chi connectivity index (χ1n) is 6.94. The van der Waals surface area contributed by atoms with Gasteiger partial charge in [0.2, 0.25) is 0 Å². The minimum atomic E-state index is -0.810. The third-order valence-corrected chi connectivity index (χ3v) is 3.40. The van der Waals surface area contributed by atoms with E-state index in [0.29, 0.717) is 45.8 Å². The average Bonchev–Trinajstić information content (AvgIpc) is 2.43. The Balaban J connectivity index is 2.51. The summed E-state index contributed by atoms with van der Waals surface area (Å²) in [4.78, 5) is 26.7. The van der Waals surface area contributed by atoms with Crippen LogP contribution in [0.1, 0.15) is 26.7 Å². The lowest BCUT2D eigenvalue weighted by Gasteiger charge is -2.34. The van der Waals surface area contributed by atoms with Crippen molar-refractivity contribution >= 4 is 12.0 Å². The lowest BCUT2D eigenvalue weighted by Crippen LogP contribution is -2.49. The number of carbonyl (C=O) groups is 2. The van der Waals surface area contributed by atoms with E-state index >= 15 is 0 Å². The van der Waals surface area contributed by atoms with E-state index in [4.69, 9.17) is 9.84 Å². The van der Waals surface area contributed by atoms with Crippen LogP contribution in [0.15, 0.2) is 0 Å². The number of rotatable bonds is 6. The van der Waals surface area contributed by atoms with Crippen LogP contribution in [-0.2, 0) is 9.53 Å². The molecule has 1 heterocycles. The van der Waals surface area contributed by atoms with Crippen molar-refractivity contribution < 1.29 is 19.4 Å². The topological polar surface area (TPSA) is 70.1 Å². The molecule has 6 nitrogen and oxygen atoms in total. The lowest BCUT2D eigenvalue weighted by atomic mass is 9.99. The molecule has 1 unspecified atom stereocenters. The average molecular weight is 272 g/mol. The standard InChI is InChI=1S/C13H24N2O4/c1-3-14(8-9-19-4-2)13(18)15-7-5-6-11(10-15)12(16)17/h11H,3-10H2,1-2H3,(H,16,17). The van der Waals surface area contributed by atoms with Crippen molar-refractivity contribution in [2.24, 2.45) is 5.92 Å². The number of nitrogens with zero attached hydrogens (tertiary/aromatic N) is 2. The quantitative estimate of drug-likeness (QED) is 0.739. The van der Waals surface area contributed by atoms with Crippen LogP contribution in [-0.4, -0.2) is 66.3 Å². The van der Waals surface area contributed by atoms with Gasteiger partial charge in [-0.05, 0) is 26.7 Å². The second kappa shape index (κ2) is 7.99. The van der Waals surface area contributed by atoms with Crippen LogP contribution in [0.4, 0.5) is 4.79 Å². The van der Waals surface area contributed by atoms with Crippen molar-refractivity contribution in [2.75, 3.05) is 39.4 Å². The van der Waals surface area contributed by atoms with Crippen LogP contribution < -0.4 is 0 Å². The Labute approximate surface area is 114 Å². The molecule has 0 aromatic heterocycles. The molecular formula is C13H24N2O4. The van der Waals surface area contributed by atoms with Crippen LogP contribution in [0, 0.1) is 5.92 Å². The number of carboxylic acid groups (broad SMARTS) is 1. The number of likely N-dealkylation sites (N-methyl/N-ethyl adjacent to an activating group) is 1. The van der Waals surface area contributed by atoms with E-state index in [-0.39, 0.29) is 6.03 Å². The van der Waals surface area contributed by atoms with Gasteiger partial charge in [0.25, 0.3) is 0 Å². The van der Waals surface area contributed by atoms with Gasteiger partial charge in [0.1, 0.15) is 0 Å². The molecule has 0 bridgehead atoms. The Hall–Kier alpha value is -1.30. The van der Waals surface area contributed by atoms with Crippen LogP contribution >= 0.6 is 0 Å². The fourth-order valence-corrected chi connectivity index (χ4v) is 2.26. The first-order valence-corrected chi connectivity index (χ1v) is 6.94. The number of ether oxygens (including phenoxy) is 1. The number of aliphatic carboxylic acids is 1. The van der Waals surface area contributed by atoms with E-state index in [1.54, 1.807) is 9.80 Å². The smallest absolute Gasteiger partial charge is 0.320 e. The van der Waals surface area contributed by atoms with Gasteiger partial charge in [-0.3, -0.25) is 4.79 Å². The molecule has 1 N–H and O–H groups in total. The zero-order valence-corrected chi connectivity index (χ0v) is 11.8. The Morgan fingerprint density at radius 1 is 1.42 bits per heavy atom. The van der Waals surface area contributed by atoms with E-state index in [2.05, 4.69) is 0 Å². The fraction of sp³-hybridized carbons (Fsp3) is 0.846. The molecule has 0 spiro atoms. The SMILES string of the molecule is CCOCCN(CC)C(=O)N1CCCC(C(=O)O)C1. The summed E-state index contributed by atoms with van der Waals surface area (Å²) in [5, 5.41) is 9.04. The van der Waals surface area contributed by atoms with Crippen LogP contribution in [0.25, 0.3) is 0 Å². The van der Waals surface area contributed by atoms with E-state index in [1.807, 2.05) is 13.8 Å². The lowest BCUT2D eigenvalue weighted by molar-refractivity contribution is -0.143. The second-order valence-corrected chi connectivity index (χ2v) is 4.68. The molecule has 2 amide bonds. The Bertz CT molecular complexity index is 309. The first-order chi connectivity index (χ1) is 9.10. The summed E-state index contributed by atoms with van der Waals surface area (Å²) in [6, 6.07) is -0.0758. The summed E-state index contributed by atoms with van der Waals surface area (Å²) in [5.41, 5.74) is 0. The molecule has 0 aliphatic carbocycles. The number of urea groups is 1. The molecule has 1 atom stereocenters. The molecule has 0 aromatic rings. The van der Waals surface area contributed by atoms with Gasteiger partial charge in [0.05, 0.1) is 12.5 Å². The number of carbonyl (C=O) groups excluding carboxylic acids is 1. The van der Waals surface area contributed by atoms with Gasteiger partial charge >= 0.3 is 12.0 Å². The molecule has 0 radical (unpaired) electrons. The number of piperidine rings is 1. The van der Waals surface area contributed by atoms with E-state index < -0.39 is 11.9 Å². The number of amides is 2. The summed E-state index contributed by atoms with van der Waals surface area (Å²) in [6.45, 7) is 7.12. The summed E-state index contributed by atoms with van der Waals surface area (Å²) < 4.78 is 5.26. The second-order valence-electron chi connectivity index (χ2n) is 4.68. The summed E-state index contributed by atoms with van der Waals surface area (Å²) in [7, 11) is 0. The van der Waals surface area contributed by atoms with Gasteiger partial charge in [-0.15, -0.1) is 0 Å². The third-order valence-electron chi connectivity index (χ3n) is 3.40. The maximum Gasteiger partial charge on any atom is 0.320 e. The molecule has 1 saturated heterocycles. The molecule has 6 heteroatoms. The van der Waals surface area contributed by atoms with Gasteiger partial charge in [-0.2, -0.15) is 0 Å². The monoisotopic (exact) mass is 272 g/mol.